The third-order valence-electron chi connectivity index (χ3n) is 6.54. The van der Waals surface area contributed by atoms with E-state index in [9.17, 15) is 9.59 Å². The molecule has 0 N–H and O–H groups in total. The summed E-state index contributed by atoms with van der Waals surface area (Å²) in [6.45, 7) is 7.52. The van der Waals surface area contributed by atoms with E-state index in [1.54, 1.807) is 55.5 Å². The van der Waals surface area contributed by atoms with Crippen LogP contribution in [0.5, 0.6) is 0 Å². The summed E-state index contributed by atoms with van der Waals surface area (Å²) < 4.78 is 25.9. The van der Waals surface area contributed by atoms with Gasteiger partial charge >= 0.3 is 5.97 Å². The number of benzene rings is 2. The normalized spacial score (nSPS) is 16.0. The number of ketones is 1. The lowest BCUT2D eigenvalue weighted by Gasteiger charge is -2.37. The highest BCUT2D eigenvalue weighted by Gasteiger charge is 2.32. The Labute approximate surface area is 210 Å². The number of furan rings is 1. The fraction of sp³-hybridized carbons (Fsp3) is 0.267. The number of halogens is 1. The second kappa shape index (κ2) is 11.3. The highest BCUT2D eigenvalue weighted by Crippen LogP contribution is 2.32. The van der Waals surface area contributed by atoms with Crippen LogP contribution in [0.2, 0.25) is 0 Å². The number of methoxy groups -OCH3 is 1. The van der Waals surface area contributed by atoms with Crippen molar-refractivity contribution >= 4 is 22.7 Å². The van der Waals surface area contributed by atoms with Crippen molar-refractivity contribution in [2.75, 3.05) is 26.7 Å². The number of rotatable bonds is 10. The van der Waals surface area contributed by atoms with Crippen molar-refractivity contribution in [3.8, 4) is 0 Å². The van der Waals surface area contributed by atoms with E-state index in [0.29, 0.717) is 48.5 Å². The molecule has 4 rings (SSSR count). The summed E-state index contributed by atoms with van der Waals surface area (Å²) in [7, 11) is 1.40. The van der Waals surface area contributed by atoms with Crippen LogP contribution in [0.15, 0.2) is 95.2 Å². The molecule has 2 heterocycles. The first-order valence-corrected chi connectivity index (χ1v) is 12.0. The van der Waals surface area contributed by atoms with Crippen LogP contribution in [0.3, 0.4) is 0 Å². The molecule has 1 aliphatic rings. The lowest BCUT2D eigenvalue weighted by atomic mass is 9.98. The molecule has 0 radical (unpaired) electrons. The average Bonchev–Trinajstić information content (AvgIpc) is 3.30. The zero-order chi connectivity index (χ0) is 25.7. The molecule has 0 saturated carbocycles. The number of ether oxygens (including phenoxy) is 1. The van der Waals surface area contributed by atoms with Crippen LogP contribution in [-0.4, -0.2) is 43.4 Å². The zero-order valence-corrected chi connectivity index (χ0v) is 20.6. The van der Waals surface area contributed by atoms with E-state index >= 15 is 4.39 Å². The van der Waals surface area contributed by atoms with Crippen LogP contribution in [0.25, 0.3) is 11.0 Å². The molecular formula is C30H30FNO4. The average molecular weight is 488 g/mol. The van der Waals surface area contributed by atoms with Gasteiger partial charge in [-0.25, -0.2) is 4.39 Å². The quantitative estimate of drug-likeness (QED) is 0.193. The van der Waals surface area contributed by atoms with E-state index in [1.807, 2.05) is 18.2 Å². The van der Waals surface area contributed by atoms with Crippen molar-refractivity contribution < 1.29 is 23.1 Å². The summed E-state index contributed by atoms with van der Waals surface area (Å²) in [5.74, 6) is -0.755. The lowest BCUT2D eigenvalue weighted by molar-refractivity contribution is -0.151. The Morgan fingerprint density at radius 3 is 2.61 bits per heavy atom. The molecule has 3 aromatic rings. The Kier molecular flexibility index (Phi) is 7.96. The van der Waals surface area contributed by atoms with Gasteiger partial charge in [-0.2, -0.15) is 0 Å². The van der Waals surface area contributed by atoms with E-state index in [4.69, 9.17) is 9.15 Å². The lowest BCUT2D eigenvalue weighted by Crippen LogP contribution is -2.50. The van der Waals surface area contributed by atoms with Crippen molar-refractivity contribution in [1.82, 2.24) is 4.90 Å². The van der Waals surface area contributed by atoms with E-state index in [1.165, 1.54) is 13.2 Å². The molecule has 0 spiro atoms. The Morgan fingerprint density at radius 1 is 1.17 bits per heavy atom. The molecule has 0 bridgehead atoms. The minimum atomic E-state index is -0.591. The number of nitrogens with zero attached hydrogens (tertiary/aromatic N) is 1. The topological polar surface area (TPSA) is 59.8 Å². The van der Waals surface area contributed by atoms with E-state index < -0.39 is 5.92 Å². The van der Waals surface area contributed by atoms with Gasteiger partial charge in [-0.1, -0.05) is 49.1 Å². The van der Waals surface area contributed by atoms with Gasteiger partial charge in [0.25, 0.3) is 0 Å². The van der Waals surface area contributed by atoms with Crippen LogP contribution in [-0.2, 0) is 9.53 Å². The Hall–Kier alpha value is -3.77. The van der Waals surface area contributed by atoms with Gasteiger partial charge in [0, 0.05) is 36.1 Å². The van der Waals surface area contributed by atoms with E-state index in [-0.39, 0.29) is 23.5 Å². The molecule has 36 heavy (non-hydrogen) atoms. The first-order chi connectivity index (χ1) is 17.4. The maximum atomic E-state index is 15.2. The molecule has 186 valence electrons. The Bertz CT molecular complexity index is 1320. The number of hydrogen-bond acceptors (Lipinski definition) is 5. The van der Waals surface area contributed by atoms with Gasteiger partial charge in [-0.15, -0.1) is 0 Å². The maximum absolute atomic E-state index is 15.2. The first kappa shape index (κ1) is 25.3. The minimum Gasteiger partial charge on any atom is -0.469 e. The number of hydrogen-bond donors (Lipinski definition) is 0. The summed E-state index contributed by atoms with van der Waals surface area (Å²) in [4.78, 5) is 26.5. The molecule has 2 aromatic carbocycles. The third-order valence-corrected chi connectivity index (χ3v) is 6.54. The third kappa shape index (κ3) is 5.71. The molecule has 1 unspecified atom stereocenters. The zero-order valence-electron chi connectivity index (χ0n) is 20.6. The van der Waals surface area contributed by atoms with Crippen molar-refractivity contribution in [3.63, 3.8) is 0 Å². The molecule has 1 aliphatic heterocycles. The predicted molar refractivity (Wildman–Crippen MR) is 139 cm³/mol. The Morgan fingerprint density at radius 2 is 1.92 bits per heavy atom. The van der Waals surface area contributed by atoms with E-state index in [2.05, 4.69) is 11.5 Å². The second-order valence-electron chi connectivity index (χ2n) is 9.05. The Balaban J connectivity index is 1.44. The summed E-state index contributed by atoms with van der Waals surface area (Å²) >= 11 is 0. The predicted octanol–water partition coefficient (Wildman–Crippen LogP) is 6.23. The van der Waals surface area contributed by atoms with Crippen LogP contribution >= 0.6 is 0 Å². The number of carbonyl (C=O) groups is 2. The minimum absolute atomic E-state index is 0.0707. The molecule has 6 heteroatoms. The van der Waals surface area contributed by atoms with Crippen LogP contribution < -0.4 is 0 Å². The van der Waals surface area contributed by atoms with Gasteiger partial charge in [0.15, 0.2) is 5.78 Å². The summed E-state index contributed by atoms with van der Waals surface area (Å²) in [5, 5.41) is 0.756. The maximum Gasteiger partial charge on any atom is 0.311 e. The standard InChI is InChI=1S/C30H30FNO4/c1-4-8-21(13-14-32-18-25(19-32)30(34)35-3)15-26(31)20(2)28-17-24-16-23(11-12-27(24)36-28)29(33)22-9-6-5-7-10-22/h4-12,15-17,20,25H,1,13-14,18-19H2,2-3H3/b21-8-,26-15+. The fourth-order valence-corrected chi connectivity index (χ4v) is 4.32. The monoisotopic (exact) mass is 487 g/mol. The molecule has 1 fully saturated rings. The smallest absolute Gasteiger partial charge is 0.311 e. The molecule has 0 aliphatic carbocycles. The number of allylic oxidation sites excluding steroid dienone is 4. The number of fused-ring (bicyclic) bond motifs is 1. The van der Waals surface area contributed by atoms with Gasteiger partial charge in [0.05, 0.1) is 18.9 Å². The molecular weight excluding hydrogens is 457 g/mol. The molecule has 1 saturated heterocycles. The number of likely N-dealkylation sites (tertiary alicyclic amines) is 1. The van der Waals surface area contributed by atoms with Crippen LogP contribution in [0.1, 0.15) is 40.9 Å². The molecule has 0 amide bonds. The largest absolute Gasteiger partial charge is 0.469 e. The van der Waals surface area contributed by atoms with Gasteiger partial charge in [0.1, 0.15) is 17.2 Å². The van der Waals surface area contributed by atoms with Crippen molar-refractivity contribution in [3.05, 3.63) is 108 Å². The van der Waals surface area contributed by atoms with E-state index in [0.717, 1.165) is 11.0 Å². The van der Waals surface area contributed by atoms with Gasteiger partial charge in [0.2, 0.25) is 0 Å². The van der Waals surface area contributed by atoms with Crippen molar-refractivity contribution in [2.45, 2.75) is 19.3 Å². The summed E-state index contributed by atoms with van der Waals surface area (Å²) in [5.41, 5.74) is 2.58. The second-order valence-corrected chi connectivity index (χ2v) is 9.05. The van der Waals surface area contributed by atoms with Crippen LogP contribution in [0, 0.1) is 5.92 Å². The van der Waals surface area contributed by atoms with Gasteiger partial charge in [-0.05, 0) is 49.3 Å². The van der Waals surface area contributed by atoms with Gasteiger partial charge in [-0.3, -0.25) is 9.59 Å². The molecule has 5 nitrogen and oxygen atoms in total. The number of carbonyl (C=O) groups excluding carboxylic acids is 2. The summed E-state index contributed by atoms with van der Waals surface area (Å²) in [6, 6.07) is 16.1. The summed E-state index contributed by atoms with van der Waals surface area (Å²) in [6.07, 6.45) is 5.60. The highest BCUT2D eigenvalue weighted by molar-refractivity contribution is 6.10. The molecule has 1 atom stereocenters. The van der Waals surface area contributed by atoms with Crippen LogP contribution in [0.4, 0.5) is 4.39 Å². The first-order valence-electron chi connectivity index (χ1n) is 12.0. The SMILES string of the molecule is C=C/C=C(\C=C(\F)C(C)c1cc2cc(C(=O)c3ccccc3)ccc2o1)CCN1CC(C(=O)OC)C1. The fourth-order valence-electron chi connectivity index (χ4n) is 4.32. The van der Waals surface area contributed by atoms with Crippen molar-refractivity contribution in [1.29, 1.82) is 0 Å². The highest BCUT2D eigenvalue weighted by atomic mass is 19.1. The van der Waals surface area contributed by atoms with Gasteiger partial charge < -0.3 is 14.1 Å². The van der Waals surface area contributed by atoms with Crippen molar-refractivity contribution in [2.24, 2.45) is 5.92 Å². The number of esters is 1. The molecule has 1 aromatic heterocycles.